The summed E-state index contributed by atoms with van der Waals surface area (Å²) >= 11 is 0. The van der Waals surface area contributed by atoms with Gasteiger partial charge in [-0.1, -0.05) is 72.5 Å². The van der Waals surface area contributed by atoms with Gasteiger partial charge < -0.3 is 15.4 Å². The Morgan fingerprint density at radius 3 is 2.55 bits per heavy atom. The molecule has 3 aromatic carbocycles. The number of carbonyl (C=O) groups is 2. The third-order valence-corrected chi connectivity index (χ3v) is 4.85. The molecular formula is C26H26N2O3. The first-order chi connectivity index (χ1) is 15.2. The number of nitrogens with one attached hydrogen (secondary N) is 2. The topological polar surface area (TPSA) is 67.4 Å². The Hall–Kier alpha value is -3.78. The van der Waals surface area contributed by atoms with Crippen molar-refractivity contribution in [3.05, 3.63) is 83.4 Å². The van der Waals surface area contributed by atoms with E-state index in [1.54, 1.807) is 0 Å². The molecule has 0 aromatic heterocycles. The fourth-order valence-corrected chi connectivity index (χ4v) is 3.31. The smallest absolute Gasteiger partial charge is 0.407 e. The van der Waals surface area contributed by atoms with Gasteiger partial charge in [-0.05, 0) is 41.3 Å². The Bertz CT molecular complexity index is 1080. The quantitative estimate of drug-likeness (QED) is 0.330. The lowest BCUT2D eigenvalue weighted by Gasteiger charge is -2.13. The molecule has 158 valence electrons. The zero-order valence-corrected chi connectivity index (χ0v) is 17.6. The monoisotopic (exact) mass is 414 g/mol. The molecule has 0 fully saturated rings. The van der Waals surface area contributed by atoms with Crippen molar-refractivity contribution in [1.29, 1.82) is 0 Å². The van der Waals surface area contributed by atoms with E-state index in [2.05, 4.69) is 40.7 Å². The van der Waals surface area contributed by atoms with Crippen LogP contribution in [0.5, 0.6) is 0 Å². The Morgan fingerprint density at radius 1 is 1.03 bits per heavy atom. The van der Waals surface area contributed by atoms with Crippen LogP contribution < -0.4 is 10.6 Å². The van der Waals surface area contributed by atoms with Gasteiger partial charge in [0.05, 0.1) is 0 Å². The molecule has 31 heavy (non-hydrogen) atoms. The maximum atomic E-state index is 11.8. The molecule has 0 saturated carbocycles. The van der Waals surface area contributed by atoms with Gasteiger partial charge in [0, 0.05) is 24.6 Å². The molecule has 0 unspecified atom stereocenters. The van der Waals surface area contributed by atoms with Crippen LogP contribution in [0, 0.1) is 11.8 Å². The number of ether oxygens (including phenoxy) is 1. The van der Waals surface area contributed by atoms with Gasteiger partial charge in [-0.25, -0.2) is 4.79 Å². The highest BCUT2D eigenvalue weighted by Crippen LogP contribution is 2.23. The van der Waals surface area contributed by atoms with Crippen LogP contribution in [0.1, 0.15) is 30.0 Å². The van der Waals surface area contributed by atoms with Crippen LogP contribution in [0.3, 0.4) is 0 Å². The molecule has 2 amide bonds. The van der Waals surface area contributed by atoms with E-state index in [0.29, 0.717) is 13.0 Å². The summed E-state index contributed by atoms with van der Waals surface area (Å²) < 4.78 is 5.19. The molecule has 5 nitrogen and oxygen atoms in total. The normalized spacial score (nSPS) is 11.1. The van der Waals surface area contributed by atoms with Crippen molar-refractivity contribution in [2.45, 2.75) is 32.4 Å². The largest absolute Gasteiger partial charge is 0.445 e. The zero-order valence-electron chi connectivity index (χ0n) is 17.6. The van der Waals surface area contributed by atoms with E-state index in [-0.39, 0.29) is 12.6 Å². The van der Waals surface area contributed by atoms with Crippen molar-refractivity contribution in [3.8, 4) is 11.8 Å². The van der Waals surface area contributed by atoms with Gasteiger partial charge in [-0.3, -0.25) is 4.79 Å². The first kappa shape index (κ1) is 21.9. The number of hydrogen-bond acceptors (Lipinski definition) is 3. The summed E-state index contributed by atoms with van der Waals surface area (Å²) in [7, 11) is 0. The van der Waals surface area contributed by atoms with Crippen LogP contribution in [0.25, 0.3) is 10.8 Å². The minimum Gasteiger partial charge on any atom is -0.445 e. The highest BCUT2D eigenvalue weighted by Gasteiger charge is 2.08. The zero-order chi connectivity index (χ0) is 21.9. The molecule has 0 spiro atoms. The number of benzene rings is 3. The van der Waals surface area contributed by atoms with Crippen LogP contribution in [-0.4, -0.2) is 25.1 Å². The van der Waals surface area contributed by atoms with Crippen molar-refractivity contribution in [1.82, 2.24) is 10.6 Å². The summed E-state index contributed by atoms with van der Waals surface area (Å²) in [6.45, 7) is 2.65. The molecular weight excluding hydrogens is 388 g/mol. The lowest BCUT2D eigenvalue weighted by Crippen LogP contribution is -2.26. The predicted octanol–water partition coefficient (Wildman–Crippen LogP) is 4.18. The van der Waals surface area contributed by atoms with Crippen molar-refractivity contribution >= 4 is 23.3 Å². The van der Waals surface area contributed by atoms with Gasteiger partial charge >= 0.3 is 6.09 Å². The maximum Gasteiger partial charge on any atom is 0.407 e. The number of alkyl carbamates (subject to hydrolysis) is 1. The molecule has 3 rings (SSSR count). The van der Waals surface area contributed by atoms with Crippen molar-refractivity contribution < 1.29 is 14.3 Å². The first-order valence-corrected chi connectivity index (χ1v) is 10.3. The molecule has 1 atom stereocenters. The summed E-state index contributed by atoms with van der Waals surface area (Å²) in [5.74, 6) is 6.34. The Labute approximate surface area is 182 Å². The van der Waals surface area contributed by atoms with E-state index < -0.39 is 6.09 Å². The average Bonchev–Trinajstić information content (AvgIpc) is 2.79. The number of fused-ring (bicyclic) bond motifs is 1. The molecule has 0 radical (unpaired) electrons. The molecule has 0 heterocycles. The van der Waals surface area contributed by atoms with E-state index in [4.69, 9.17) is 4.74 Å². The number of hydrogen-bond donors (Lipinski definition) is 2. The summed E-state index contributed by atoms with van der Waals surface area (Å²) in [6, 6.07) is 21.8. The predicted molar refractivity (Wildman–Crippen MR) is 122 cm³/mol. The molecule has 0 aliphatic carbocycles. The summed E-state index contributed by atoms with van der Waals surface area (Å²) in [5.41, 5.74) is 3.07. The van der Waals surface area contributed by atoms with Crippen LogP contribution >= 0.6 is 0 Å². The maximum absolute atomic E-state index is 11.8. The van der Waals surface area contributed by atoms with Crippen molar-refractivity contribution in [2.75, 3.05) is 6.54 Å². The van der Waals surface area contributed by atoms with E-state index >= 15 is 0 Å². The van der Waals surface area contributed by atoms with E-state index in [1.807, 2.05) is 55.5 Å². The Morgan fingerprint density at radius 2 is 1.77 bits per heavy atom. The number of carbonyl (C=O) groups excluding carboxylic acids is 2. The Balaban J connectivity index is 1.55. The summed E-state index contributed by atoms with van der Waals surface area (Å²) in [4.78, 5) is 22.5. The fraction of sp³-hybridized carbons (Fsp3) is 0.231. The van der Waals surface area contributed by atoms with Crippen LogP contribution in [0.4, 0.5) is 4.79 Å². The van der Waals surface area contributed by atoms with Gasteiger partial charge in [0.1, 0.15) is 6.61 Å². The van der Waals surface area contributed by atoms with Gasteiger partial charge in [0.2, 0.25) is 6.41 Å². The Kier molecular flexibility index (Phi) is 8.07. The minimum absolute atomic E-state index is 0.0607. The van der Waals surface area contributed by atoms with E-state index in [1.165, 1.54) is 5.56 Å². The van der Waals surface area contributed by atoms with Crippen LogP contribution in [0.2, 0.25) is 0 Å². The third-order valence-electron chi connectivity index (χ3n) is 4.85. The van der Waals surface area contributed by atoms with Gasteiger partial charge in [-0.2, -0.15) is 0 Å². The lowest BCUT2D eigenvalue weighted by atomic mass is 9.96. The number of amides is 2. The second kappa shape index (κ2) is 11.4. The molecule has 0 bridgehead atoms. The fourth-order valence-electron chi connectivity index (χ4n) is 3.31. The first-order valence-electron chi connectivity index (χ1n) is 10.3. The third kappa shape index (κ3) is 6.61. The molecule has 0 aliphatic rings. The highest BCUT2D eigenvalue weighted by atomic mass is 16.5. The number of rotatable bonds is 8. The van der Waals surface area contributed by atoms with Crippen molar-refractivity contribution in [2.24, 2.45) is 0 Å². The average molecular weight is 415 g/mol. The highest BCUT2D eigenvalue weighted by molar-refractivity contribution is 5.91. The molecule has 3 aromatic rings. The van der Waals surface area contributed by atoms with Gasteiger partial charge in [0.15, 0.2) is 0 Å². The second-order valence-electron chi connectivity index (χ2n) is 7.25. The van der Waals surface area contributed by atoms with E-state index in [0.717, 1.165) is 34.7 Å². The van der Waals surface area contributed by atoms with Crippen LogP contribution in [0.15, 0.2) is 66.7 Å². The SMILES string of the molecule is C[C@@H](Cc1ccc(C#CCCNC(=O)OCc2ccccc2)c2ccccc12)NC=O. The summed E-state index contributed by atoms with van der Waals surface area (Å²) in [6.07, 6.45) is 1.57. The van der Waals surface area contributed by atoms with E-state index in [9.17, 15) is 9.59 Å². The molecule has 5 heteroatoms. The molecule has 0 saturated heterocycles. The molecule has 0 aliphatic heterocycles. The molecule has 2 N–H and O–H groups in total. The standard InChI is InChI=1S/C26H26N2O3/c1-20(28-19-29)17-23-15-14-22(24-12-5-6-13-25(23)24)11-7-8-16-27-26(30)31-18-21-9-3-2-4-10-21/h2-6,9-10,12-15,19-20H,8,16-18H2,1H3,(H,27,30)(H,28,29)/t20-/m0/s1. The lowest BCUT2D eigenvalue weighted by molar-refractivity contribution is -0.110. The van der Waals surface area contributed by atoms with Gasteiger partial charge in [-0.15, -0.1) is 0 Å². The minimum atomic E-state index is -0.446. The van der Waals surface area contributed by atoms with Gasteiger partial charge in [0.25, 0.3) is 0 Å². The van der Waals surface area contributed by atoms with Crippen LogP contribution in [-0.2, 0) is 22.6 Å². The second-order valence-corrected chi connectivity index (χ2v) is 7.25. The summed E-state index contributed by atoms with van der Waals surface area (Å²) in [5, 5.41) is 7.74. The van der Waals surface area contributed by atoms with Crippen molar-refractivity contribution in [3.63, 3.8) is 0 Å².